The Labute approximate surface area is 135 Å². The lowest BCUT2D eigenvalue weighted by Gasteiger charge is -2.33. The molecule has 1 fully saturated rings. The van der Waals surface area contributed by atoms with Gasteiger partial charge in [-0.15, -0.1) is 0 Å². The Morgan fingerprint density at radius 2 is 1.68 bits per heavy atom. The van der Waals surface area contributed by atoms with Gasteiger partial charge in [-0.3, -0.25) is 0 Å². The largest absolute Gasteiger partial charge is 0.301 e. The van der Waals surface area contributed by atoms with Crippen molar-refractivity contribution in [3.63, 3.8) is 0 Å². The topological polar surface area (TPSA) is 40.6 Å². The lowest BCUT2D eigenvalue weighted by Crippen LogP contribution is -2.49. The summed E-state index contributed by atoms with van der Waals surface area (Å²) < 4.78 is 25.7. The molecule has 1 aliphatic heterocycles. The highest BCUT2D eigenvalue weighted by Crippen LogP contribution is 2.11. The van der Waals surface area contributed by atoms with Crippen LogP contribution in [0.5, 0.6) is 0 Å². The van der Waals surface area contributed by atoms with Crippen molar-refractivity contribution in [2.24, 2.45) is 0 Å². The van der Waals surface area contributed by atoms with Crippen LogP contribution < -0.4 is 0 Å². The van der Waals surface area contributed by atoms with Gasteiger partial charge >= 0.3 is 0 Å². The predicted octanol–water partition coefficient (Wildman–Crippen LogP) is 2.37. The quantitative estimate of drug-likeness (QED) is 0.689. The fourth-order valence-electron chi connectivity index (χ4n) is 2.93. The van der Waals surface area contributed by atoms with E-state index in [4.69, 9.17) is 0 Å². The molecular weight excluding hydrogens is 296 g/mol. The fourth-order valence-corrected chi connectivity index (χ4v) is 4.42. The lowest BCUT2D eigenvalue weighted by atomic mass is 10.1. The predicted molar refractivity (Wildman–Crippen MR) is 91.5 cm³/mol. The second-order valence-corrected chi connectivity index (χ2v) is 8.09. The molecular formula is C17H28N2O2S. The number of unbranched alkanes of at least 4 members (excludes halogenated alkanes) is 1. The van der Waals surface area contributed by atoms with E-state index in [1.165, 1.54) is 18.4 Å². The molecule has 0 spiro atoms. The zero-order valence-corrected chi connectivity index (χ0v) is 14.4. The van der Waals surface area contributed by atoms with E-state index in [0.717, 1.165) is 26.1 Å². The van der Waals surface area contributed by atoms with Crippen LogP contribution in [0.15, 0.2) is 30.3 Å². The molecule has 0 atom stereocenters. The zero-order chi connectivity index (χ0) is 15.8. The van der Waals surface area contributed by atoms with Crippen LogP contribution in [-0.2, 0) is 16.4 Å². The molecule has 124 valence electrons. The summed E-state index contributed by atoms with van der Waals surface area (Å²) in [4.78, 5) is 2.39. The highest BCUT2D eigenvalue weighted by Gasteiger charge is 2.25. The Kier molecular flexibility index (Phi) is 6.86. The average Bonchev–Trinajstić information content (AvgIpc) is 2.53. The summed E-state index contributed by atoms with van der Waals surface area (Å²) in [5, 5.41) is 0. The van der Waals surface area contributed by atoms with Gasteiger partial charge in [0.25, 0.3) is 0 Å². The minimum Gasteiger partial charge on any atom is -0.301 e. The molecule has 1 heterocycles. The molecule has 1 saturated heterocycles. The molecule has 0 aliphatic carbocycles. The van der Waals surface area contributed by atoms with Crippen LogP contribution in [0.1, 0.15) is 31.7 Å². The molecule has 4 nitrogen and oxygen atoms in total. The van der Waals surface area contributed by atoms with Crippen molar-refractivity contribution in [1.29, 1.82) is 0 Å². The molecule has 0 N–H and O–H groups in total. The fraction of sp³-hybridized carbons (Fsp3) is 0.647. The number of benzene rings is 1. The number of sulfonamides is 1. The summed E-state index contributed by atoms with van der Waals surface area (Å²) in [5.74, 6) is 0.282. The summed E-state index contributed by atoms with van der Waals surface area (Å²) in [5.41, 5.74) is 1.40. The first-order valence-corrected chi connectivity index (χ1v) is 9.97. The molecule has 0 radical (unpaired) electrons. The van der Waals surface area contributed by atoms with Crippen LogP contribution in [-0.4, -0.2) is 56.1 Å². The van der Waals surface area contributed by atoms with E-state index in [-0.39, 0.29) is 5.75 Å². The van der Waals surface area contributed by atoms with E-state index in [1.807, 2.05) is 6.92 Å². The van der Waals surface area contributed by atoms with Crippen LogP contribution in [0.2, 0.25) is 0 Å². The summed E-state index contributed by atoms with van der Waals surface area (Å²) in [6, 6.07) is 10.6. The van der Waals surface area contributed by atoms with Crippen molar-refractivity contribution in [2.75, 3.05) is 38.5 Å². The Morgan fingerprint density at radius 3 is 2.32 bits per heavy atom. The van der Waals surface area contributed by atoms with Crippen LogP contribution in [0.3, 0.4) is 0 Å². The van der Waals surface area contributed by atoms with Gasteiger partial charge in [-0.2, -0.15) is 4.31 Å². The van der Waals surface area contributed by atoms with Crippen LogP contribution >= 0.6 is 0 Å². The minimum absolute atomic E-state index is 0.282. The number of nitrogens with zero attached hydrogens (tertiary/aromatic N) is 2. The normalized spacial score (nSPS) is 17.7. The van der Waals surface area contributed by atoms with Gasteiger partial charge in [0.2, 0.25) is 10.0 Å². The number of hydrogen-bond donors (Lipinski definition) is 0. The van der Waals surface area contributed by atoms with Gasteiger partial charge in [0, 0.05) is 26.2 Å². The summed E-state index contributed by atoms with van der Waals surface area (Å²) in [6.45, 7) is 6.04. The minimum atomic E-state index is -3.01. The Bertz CT molecular complexity index is 523. The number of hydrogen-bond acceptors (Lipinski definition) is 3. The molecule has 2 rings (SSSR count). The van der Waals surface area contributed by atoms with Crippen molar-refractivity contribution < 1.29 is 8.42 Å². The Balaban J connectivity index is 1.63. The number of piperazine rings is 1. The van der Waals surface area contributed by atoms with E-state index in [1.54, 1.807) is 4.31 Å². The number of rotatable bonds is 8. The van der Waals surface area contributed by atoms with Crippen molar-refractivity contribution >= 4 is 10.0 Å². The highest BCUT2D eigenvalue weighted by molar-refractivity contribution is 7.89. The third-order valence-corrected chi connectivity index (χ3v) is 6.30. The molecule has 1 aromatic carbocycles. The molecule has 5 heteroatoms. The summed E-state index contributed by atoms with van der Waals surface area (Å²) in [6.07, 6.45) is 4.20. The second-order valence-electron chi connectivity index (χ2n) is 6.00. The van der Waals surface area contributed by atoms with Crippen molar-refractivity contribution in [1.82, 2.24) is 9.21 Å². The molecule has 0 unspecified atom stereocenters. The van der Waals surface area contributed by atoms with Gasteiger partial charge in [-0.05, 0) is 37.8 Å². The van der Waals surface area contributed by atoms with Crippen LogP contribution in [0.4, 0.5) is 0 Å². The maximum absolute atomic E-state index is 12.0. The first-order chi connectivity index (χ1) is 10.6. The van der Waals surface area contributed by atoms with Crippen LogP contribution in [0, 0.1) is 0 Å². The Morgan fingerprint density at radius 1 is 1.00 bits per heavy atom. The van der Waals surface area contributed by atoms with Crippen molar-refractivity contribution in [2.45, 2.75) is 32.6 Å². The molecule has 1 aromatic rings. The van der Waals surface area contributed by atoms with Crippen molar-refractivity contribution in [3.05, 3.63) is 35.9 Å². The van der Waals surface area contributed by atoms with E-state index >= 15 is 0 Å². The van der Waals surface area contributed by atoms with E-state index < -0.39 is 10.0 Å². The van der Waals surface area contributed by atoms with Gasteiger partial charge in [-0.1, -0.05) is 37.3 Å². The van der Waals surface area contributed by atoms with E-state index in [0.29, 0.717) is 19.5 Å². The molecule has 0 saturated carbocycles. The first kappa shape index (κ1) is 17.4. The SMILES string of the molecule is CCCS(=O)(=O)N1CCN(CCCCc2ccccc2)CC1. The molecule has 0 bridgehead atoms. The molecule has 0 aromatic heterocycles. The second kappa shape index (κ2) is 8.65. The first-order valence-electron chi connectivity index (χ1n) is 8.36. The molecule has 1 aliphatic rings. The van der Waals surface area contributed by atoms with Crippen molar-refractivity contribution in [3.8, 4) is 0 Å². The Hall–Kier alpha value is -0.910. The van der Waals surface area contributed by atoms with Gasteiger partial charge in [0.05, 0.1) is 5.75 Å². The third-order valence-electron chi connectivity index (χ3n) is 4.22. The lowest BCUT2D eigenvalue weighted by molar-refractivity contribution is 0.185. The third kappa shape index (κ3) is 5.38. The van der Waals surface area contributed by atoms with E-state index in [9.17, 15) is 8.42 Å². The molecule has 0 amide bonds. The maximum Gasteiger partial charge on any atom is 0.214 e. The van der Waals surface area contributed by atoms with Gasteiger partial charge in [-0.25, -0.2) is 8.42 Å². The molecule has 22 heavy (non-hydrogen) atoms. The van der Waals surface area contributed by atoms with E-state index in [2.05, 4.69) is 35.2 Å². The van der Waals surface area contributed by atoms with Crippen LogP contribution in [0.25, 0.3) is 0 Å². The average molecular weight is 324 g/mol. The number of aryl methyl sites for hydroxylation is 1. The highest BCUT2D eigenvalue weighted by atomic mass is 32.2. The smallest absolute Gasteiger partial charge is 0.214 e. The van der Waals surface area contributed by atoms with Gasteiger partial charge < -0.3 is 4.90 Å². The van der Waals surface area contributed by atoms with Gasteiger partial charge in [0.15, 0.2) is 0 Å². The zero-order valence-electron chi connectivity index (χ0n) is 13.6. The maximum atomic E-state index is 12.0. The summed E-state index contributed by atoms with van der Waals surface area (Å²) >= 11 is 0. The van der Waals surface area contributed by atoms with Gasteiger partial charge in [0.1, 0.15) is 0 Å². The standard InChI is InChI=1S/C17H28N2O2S/c1-2-16-22(20,21)19-14-12-18(13-15-19)11-7-6-10-17-8-4-3-5-9-17/h3-5,8-9H,2,6-7,10-16H2,1H3. The monoisotopic (exact) mass is 324 g/mol. The summed E-state index contributed by atoms with van der Waals surface area (Å²) in [7, 11) is -3.01.